The number of carbonyl (C=O) groups is 3. The maximum Gasteiger partial charge on any atom is 0.323 e. The van der Waals surface area contributed by atoms with Crippen molar-refractivity contribution in [2.75, 3.05) is 19.5 Å². The average molecular weight is 366 g/mol. The van der Waals surface area contributed by atoms with Crippen LogP contribution in [0.3, 0.4) is 0 Å². The number of nitrogens with two attached hydrogens (primary N) is 1. The predicted octanol–water partition coefficient (Wildman–Crippen LogP) is 0.129. The molecule has 0 bridgehead atoms. The summed E-state index contributed by atoms with van der Waals surface area (Å²) in [5.41, 5.74) is 2.00. The third-order valence-electron chi connectivity index (χ3n) is 4.12. The summed E-state index contributed by atoms with van der Waals surface area (Å²) in [6, 6.07) is 1.49. The minimum absolute atomic E-state index is 0.0963. The van der Waals surface area contributed by atoms with Crippen LogP contribution in [0.5, 0.6) is 11.6 Å². The summed E-state index contributed by atoms with van der Waals surface area (Å²) >= 11 is 0. The smallest absolute Gasteiger partial charge is 0.323 e. The molecule has 1 heterocycles. The van der Waals surface area contributed by atoms with E-state index in [1.807, 2.05) is 0 Å². The lowest BCUT2D eigenvalue weighted by atomic mass is 9.87. The van der Waals surface area contributed by atoms with Crippen molar-refractivity contribution in [3.05, 3.63) is 12.3 Å². The number of amides is 2. The van der Waals surface area contributed by atoms with Crippen LogP contribution in [0.4, 0.5) is 5.69 Å². The summed E-state index contributed by atoms with van der Waals surface area (Å²) in [4.78, 5) is 38.4. The maximum absolute atomic E-state index is 11.6. The summed E-state index contributed by atoms with van der Waals surface area (Å²) in [6.07, 6.45) is 4.00. The Morgan fingerprint density at radius 2 is 1.85 bits per heavy atom. The van der Waals surface area contributed by atoms with E-state index in [2.05, 4.69) is 10.3 Å². The van der Waals surface area contributed by atoms with Gasteiger partial charge in [-0.25, -0.2) is 10.8 Å². The molecule has 10 heteroatoms. The second-order valence-corrected chi connectivity index (χ2v) is 5.77. The van der Waals surface area contributed by atoms with Crippen LogP contribution in [-0.4, -0.2) is 43.1 Å². The van der Waals surface area contributed by atoms with Crippen molar-refractivity contribution in [2.24, 2.45) is 11.8 Å². The van der Waals surface area contributed by atoms with Crippen LogP contribution in [0.25, 0.3) is 0 Å². The van der Waals surface area contributed by atoms with Crippen LogP contribution in [0.15, 0.2) is 12.3 Å². The first-order valence-corrected chi connectivity index (χ1v) is 8.09. The van der Waals surface area contributed by atoms with E-state index in [9.17, 15) is 14.4 Å². The van der Waals surface area contributed by atoms with E-state index >= 15 is 0 Å². The number of rotatable bonds is 5. The predicted molar refractivity (Wildman–Crippen MR) is 90.1 cm³/mol. The van der Waals surface area contributed by atoms with Crippen molar-refractivity contribution in [3.8, 4) is 11.6 Å². The molecule has 2 rings (SSSR count). The zero-order valence-corrected chi connectivity index (χ0v) is 14.6. The van der Waals surface area contributed by atoms with Gasteiger partial charge in [-0.2, -0.15) is 0 Å². The quantitative estimate of drug-likeness (QED) is 0.219. The number of hydrogen-bond acceptors (Lipinski definition) is 8. The standard InChI is InChI=1S/C16H22N4O6/c1-24-12-7-10(19-13(21)14(22)20-17)8-18-15(12)26-11-5-3-9(4-6-11)16(23)25-2/h7-9,11H,3-6,17H2,1-2H3,(H,19,21)(H,20,22)/t9-,11-. The lowest BCUT2D eigenvalue weighted by molar-refractivity contribution is -0.147. The van der Waals surface area contributed by atoms with Crippen LogP contribution >= 0.6 is 0 Å². The van der Waals surface area contributed by atoms with Gasteiger partial charge in [-0.05, 0) is 25.7 Å². The fourth-order valence-corrected chi connectivity index (χ4v) is 2.73. The second-order valence-electron chi connectivity index (χ2n) is 5.77. The third kappa shape index (κ3) is 4.82. The summed E-state index contributed by atoms with van der Waals surface area (Å²) < 4.78 is 15.9. The molecule has 26 heavy (non-hydrogen) atoms. The molecular formula is C16H22N4O6. The summed E-state index contributed by atoms with van der Waals surface area (Å²) in [6.45, 7) is 0. The molecule has 1 aliphatic carbocycles. The normalized spacial score (nSPS) is 19.2. The molecule has 0 unspecified atom stereocenters. The van der Waals surface area contributed by atoms with Crippen LogP contribution in [0.2, 0.25) is 0 Å². The fourth-order valence-electron chi connectivity index (χ4n) is 2.73. The second kappa shape index (κ2) is 8.99. The highest BCUT2D eigenvalue weighted by Crippen LogP contribution is 2.32. The molecule has 0 radical (unpaired) electrons. The molecule has 0 aliphatic heterocycles. The Morgan fingerprint density at radius 3 is 2.42 bits per heavy atom. The number of methoxy groups -OCH3 is 2. The van der Waals surface area contributed by atoms with Gasteiger partial charge in [-0.3, -0.25) is 19.8 Å². The van der Waals surface area contributed by atoms with E-state index in [1.165, 1.54) is 26.5 Å². The van der Waals surface area contributed by atoms with E-state index in [0.717, 1.165) is 0 Å². The summed E-state index contributed by atoms with van der Waals surface area (Å²) in [5, 5.41) is 2.34. The molecule has 1 fully saturated rings. The molecule has 1 aromatic rings. The number of hydrazine groups is 1. The minimum atomic E-state index is -0.980. The molecule has 0 saturated heterocycles. The average Bonchev–Trinajstić information content (AvgIpc) is 2.68. The zero-order valence-electron chi connectivity index (χ0n) is 14.6. The van der Waals surface area contributed by atoms with E-state index in [-0.39, 0.29) is 29.6 Å². The highest BCUT2D eigenvalue weighted by molar-refractivity contribution is 6.39. The summed E-state index contributed by atoms with van der Waals surface area (Å²) in [7, 11) is 2.83. The van der Waals surface area contributed by atoms with E-state index in [4.69, 9.17) is 20.1 Å². The third-order valence-corrected chi connectivity index (χ3v) is 4.12. The van der Waals surface area contributed by atoms with Crippen LogP contribution in [0, 0.1) is 5.92 Å². The van der Waals surface area contributed by atoms with E-state index in [0.29, 0.717) is 31.4 Å². The van der Waals surface area contributed by atoms with Gasteiger partial charge in [0.2, 0.25) is 0 Å². The Kier molecular flexibility index (Phi) is 6.73. The van der Waals surface area contributed by atoms with Gasteiger partial charge in [-0.1, -0.05) is 0 Å². The van der Waals surface area contributed by atoms with Gasteiger partial charge >= 0.3 is 17.8 Å². The number of carbonyl (C=O) groups excluding carboxylic acids is 3. The zero-order chi connectivity index (χ0) is 19.1. The number of nitrogens with zero attached hydrogens (tertiary/aromatic N) is 1. The first-order valence-electron chi connectivity index (χ1n) is 8.09. The molecule has 1 saturated carbocycles. The van der Waals surface area contributed by atoms with Gasteiger partial charge in [0, 0.05) is 6.07 Å². The highest BCUT2D eigenvalue weighted by Gasteiger charge is 2.28. The van der Waals surface area contributed by atoms with E-state index < -0.39 is 11.8 Å². The molecule has 1 aromatic heterocycles. The number of ether oxygens (including phenoxy) is 3. The molecule has 1 aliphatic rings. The van der Waals surface area contributed by atoms with Crippen molar-refractivity contribution in [1.82, 2.24) is 10.4 Å². The topological polar surface area (TPSA) is 142 Å². The monoisotopic (exact) mass is 366 g/mol. The van der Waals surface area contributed by atoms with Crippen molar-refractivity contribution in [3.63, 3.8) is 0 Å². The molecule has 0 spiro atoms. The van der Waals surface area contributed by atoms with Gasteiger partial charge in [0.05, 0.1) is 32.0 Å². The fraction of sp³-hybridized carbons (Fsp3) is 0.500. The van der Waals surface area contributed by atoms with Crippen LogP contribution < -0.4 is 26.1 Å². The van der Waals surface area contributed by atoms with Gasteiger partial charge in [0.1, 0.15) is 6.10 Å². The van der Waals surface area contributed by atoms with Crippen molar-refractivity contribution in [2.45, 2.75) is 31.8 Å². The molecule has 0 atom stereocenters. The lowest BCUT2D eigenvalue weighted by Crippen LogP contribution is -2.39. The van der Waals surface area contributed by atoms with Gasteiger partial charge in [0.25, 0.3) is 5.88 Å². The first-order chi connectivity index (χ1) is 12.5. The number of esters is 1. The molecule has 142 valence electrons. The Morgan fingerprint density at radius 1 is 1.15 bits per heavy atom. The molecule has 4 N–H and O–H groups in total. The Labute approximate surface area is 150 Å². The number of anilines is 1. The Hall–Kier alpha value is -2.88. The largest absolute Gasteiger partial charge is 0.491 e. The highest BCUT2D eigenvalue weighted by atomic mass is 16.5. The van der Waals surface area contributed by atoms with Crippen molar-refractivity contribution >= 4 is 23.5 Å². The molecule has 2 amide bonds. The van der Waals surface area contributed by atoms with Crippen LogP contribution in [0.1, 0.15) is 25.7 Å². The summed E-state index contributed by atoms with van der Waals surface area (Å²) in [5.74, 6) is 3.29. The minimum Gasteiger partial charge on any atom is -0.491 e. The van der Waals surface area contributed by atoms with E-state index in [1.54, 1.807) is 5.43 Å². The van der Waals surface area contributed by atoms with Crippen molar-refractivity contribution in [1.29, 1.82) is 0 Å². The van der Waals surface area contributed by atoms with Crippen LogP contribution in [-0.2, 0) is 19.1 Å². The SMILES string of the molecule is COc1cc(NC(=O)C(=O)NN)cnc1O[C@H]1CC[C@H](C(=O)OC)CC1. The maximum atomic E-state index is 11.6. The van der Waals surface area contributed by atoms with Gasteiger partial charge < -0.3 is 19.5 Å². The first kappa shape index (κ1) is 19.4. The van der Waals surface area contributed by atoms with Gasteiger partial charge in [0.15, 0.2) is 5.75 Å². The molecular weight excluding hydrogens is 344 g/mol. The number of aromatic nitrogens is 1. The van der Waals surface area contributed by atoms with Gasteiger partial charge in [-0.15, -0.1) is 0 Å². The Bertz CT molecular complexity index is 673. The number of nitrogens with one attached hydrogen (secondary N) is 2. The molecule has 10 nitrogen and oxygen atoms in total. The number of pyridine rings is 1. The van der Waals surface area contributed by atoms with Crippen molar-refractivity contribution < 1.29 is 28.6 Å². The lowest BCUT2D eigenvalue weighted by Gasteiger charge is -2.27. The Balaban J connectivity index is 1.99. The number of hydrogen-bond donors (Lipinski definition) is 3. The molecule has 0 aromatic carbocycles.